The number of ether oxygens (including phenoxy) is 1. The van der Waals surface area contributed by atoms with Gasteiger partial charge in [0, 0.05) is 23.6 Å². The molecule has 1 N–H and O–H groups in total. The molecule has 0 heterocycles. The van der Waals surface area contributed by atoms with Gasteiger partial charge in [0.25, 0.3) is 0 Å². The molecule has 0 unspecified atom stereocenters. The number of carbonyl (C=O) groups is 1. The highest BCUT2D eigenvalue weighted by atomic mass is 32.2. The lowest BCUT2D eigenvalue weighted by molar-refractivity contribution is -0.134. The molecule has 1 aromatic rings. The molecule has 0 amide bonds. The maximum atomic E-state index is 10.9. The summed E-state index contributed by atoms with van der Waals surface area (Å²) >= 11 is 1.41. The number of hydrogen-bond acceptors (Lipinski definition) is 4. The van der Waals surface area contributed by atoms with Crippen LogP contribution in [0.5, 0.6) is 0 Å². The van der Waals surface area contributed by atoms with Crippen molar-refractivity contribution in [1.29, 1.82) is 0 Å². The molecule has 0 fully saturated rings. The third-order valence-electron chi connectivity index (χ3n) is 1.71. The summed E-state index contributed by atoms with van der Waals surface area (Å²) < 4.78 is 5.10. The summed E-state index contributed by atoms with van der Waals surface area (Å²) in [7, 11) is 0. The van der Waals surface area contributed by atoms with Gasteiger partial charge in [0.1, 0.15) is 5.76 Å². The molecule has 0 aliphatic rings. The minimum atomic E-state index is -0.347. The van der Waals surface area contributed by atoms with E-state index in [2.05, 4.69) is 0 Å². The van der Waals surface area contributed by atoms with Gasteiger partial charge in [-0.15, -0.1) is 11.8 Å². The Hall–Kier alpha value is -1.26. The second-order valence-electron chi connectivity index (χ2n) is 3.04. The molecule has 1 rings (SSSR count). The molecular formula is C12H14O3S. The molecule has 1 aromatic carbocycles. The van der Waals surface area contributed by atoms with E-state index in [1.165, 1.54) is 18.7 Å². The number of rotatable bonds is 5. The molecule has 86 valence electrons. The van der Waals surface area contributed by atoms with E-state index in [1.54, 1.807) is 5.41 Å². The van der Waals surface area contributed by atoms with Crippen LogP contribution in [0.15, 0.2) is 35.7 Å². The molecule has 0 bridgehead atoms. The zero-order valence-electron chi connectivity index (χ0n) is 9.05. The van der Waals surface area contributed by atoms with Crippen molar-refractivity contribution >= 4 is 23.5 Å². The van der Waals surface area contributed by atoms with Crippen molar-refractivity contribution < 1.29 is 14.6 Å². The molecule has 3 nitrogen and oxygen atoms in total. The van der Waals surface area contributed by atoms with Gasteiger partial charge in [0.15, 0.2) is 0 Å². The van der Waals surface area contributed by atoms with Gasteiger partial charge in [-0.1, -0.05) is 30.3 Å². The van der Waals surface area contributed by atoms with Crippen molar-refractivity contribution in [1.82, 2.24) is 0 Å². The molecule has 0 saturated carbocycles. The summed E-state index contributed by atoms with van der Waals surface area (Å²) in [5.41, 5.74) is 0.850. The lowest BCUT2D eigenvalue weighted by Gasteiger charge is -2.06. The predicted molar refractivity (Wildman–Crippen MR) is 65.7 cm³/mol. The summed E-state index contributed by atoms with van der Waals surface area (Å²) in [5.74, 6) is 0.753. The molecule has 0 spiro atoms. The van der Waals surface area contributed by atoms with Crippen LogP contribution in [0.1, 0.15) is 12.5 Å². The van der Waals surface area contributed by atoms with Gasteiger partial charge in [0.05, 0.1) is 6.61 Å². The van der Waals surface area contributed by atoms with Crippen LogP contribution in [-0.4, -0.2) is 23.4 Å². The van der Waals surface area contributed by atoms with Crippen molar-refractivity contribution in [3.05, 3.63) is 41.3 Å². The third kappa shape index (κ3) is 4.51. The Labute approximate surface area is 99.1 Å². The molecule has 0 radical (unpaired) electrons. The van der Waals surface area contributed by atoms with Gasteiger partial charge < -0.3 is 9.84 Å². The largest absolute Gasteiger partial charge is 0.426 e. The zero-order valence-corrected chi connectivity index (χ0v) is 9.87. The van der Waals surface area contributed by atoms with Crippen molar-refractivity contribution in [3.63, 3.8) is 0 Å². The maximum Gasteiger partial charge on any atom is 0.308 e. The van der Waals surface area contributed by atoms with Crippen LogP contribution >= 0.6 is 11.8 Å². The minimum Gasteiger partial charge on any atom is -0.426 e. The normalized spacial score (nSPS) is 11.2. The minimum absolute atomic E-state index is 0.101. The number of hydrogen-bond donors (Lipinski definition) is 1. The van der Waals surface area contributed by atoms with Gasteiger partial charge in [-0.25, -0.2) is 0 Å². The van der Waals surface area contributed by atoms with Gasteiger partial charge in [-0.05, 0) is 0 Å². The van der Waals surface area contributed by atoms with Gasteiger partial charge >= 0.3 is 5.97 Å². The number of aliphatic hydroxyl groups excluding tert-OH is 1. The maximum absolute atomic E-state index is 10.9. The van der Waals surface area contributed by atoms with E-state index < -0.39 is 0 Å². The Morgan fingerprint density at radius 2 is 2.12 bits per heavy atom. The first-order valence-electron chi connectivity index (χ1n) is 4.90. The first kappa shape index (κ1) is 12.8. The number of aliphatic hydroxyl groups is 1. The van der Waals surface area contributed by atoms with Crippen LogP contribution < -0.4 is 0 Å². The van der Waals surface area contributed by atoms with Crippen molar-refractivity contribution in [3.8, 4) is 0 Å². The average Bonchev–Trinajstić information content (AvgIpc) is 2.29. The molecule has 0 aliphatic carbocycles. The Bertz CT molecular complexity index is 360. The summed E-state index contributed by atoms with van der Waals surface area (Å²) in [6.45, 7) is 1.47. The fraction of sp³-hybridized carbons (Fsp3) is 0.250. The fourth-order valence-electron chi connectivity index (χ4n) is 1.10. The summed E-state index contributed by atoms with van der Waals surface area (Å²) in [6, 6.07) is 9.39. The molecular weight excluding hydrogens is 224 g/mol. The van der Waals surface area contributed by atoms with Crippen LogP contribution in [0.4, 0.5) is 0 Å². The number of carbonyl (C=O) groups excluding carboxylic acids is 1. The predicted octanol–water partition coefficient (Wildman–Crippen LogP) is 2.27. The standard InChI is InChI=1S/C12H14O3S/c1-10(14)15-12(9-16-8-7-13)11-5-3-2-4-6-11/h2-6,9,13H,7-8H2,1H3/b12-9-. The second kappa shape index (κ2) is 7.09. The van der Waals surface area contributed by atoms with Crippen LogP contribution in [0.2, 0.25) is 0 Å². The summed E-state index contributed by atoms with van der Waals surface area (Å²) in [5, 5.41) is 10.4. The Kier molecular flexibility index (Phi) is 5.67. The molecule has 0 aromatic heterocycles. The highest BCUT2D eigenvalue weighted by Crippen LogP contribution is 2.19. The zero-order chi connectivity index (χ0) is 11.8. The first-order chi connectivity index (χ1) is 7.74. The average molecular weight is 238 g/mol. The Morgan fingerprint density at radius 3 is 2.69 bits per heavy atom. The van der Waals surface area contributed by atoms with Crippen LogP contribution in [0.3, 0.4) is 0 Å². The molecule has 16 heavy (non-hydrogen) atoms. The lowest BCUT2D eigenvalue weighted by atomic mass is 10.2. The van der Waals surface area contributed by atoms with Crippen LogP contribution in [0.25, 0.3) is 5.76 Å². The first-order valence-corrected chi connectivity index (χ1v) is 5.95. The number of esters is 1. The smallest absolute Gasteiger partial charge is 0.308 e. The van der Waals surface area contributed by atoms with Crippen LogP contribution in [0, 0.1) is 0 Å². The number of thioether (sulfide) groups is 1. The van der Waals surface area contributed by atoms with E-state index in [0.29, 0.717) is 11.5 Å². The SMILES string of the molecule is CC(=O)O/C(=C\SCCO)c1ccccc1. The van der Waals surface area contributed by atoms with Crippen LogP contribution in [-0.2, 0) is 9.53 Å². The Morgan fingerprint density at radius 1 is 1.44 bits per heavy atom. The van der Waals surface area contributed by atoms with E-state index in [-0.39, 0.29) is 12.6 Å². The summed E-state index contributed by atoms with van der Waals surface area (Å²) in [6.07, 6.45) is 0. The fourth-order valence-corrected chi connectivity index (χ4v) is 1.65. The lowest BCUT2D eigenvalue weighted by Crippen LogP contribution is -1.98. The van der Waals surface area contributed by atoms with Crippen molar-refractivity contribution in [2.45, 2.75) is 6.92 Å². The van der Waals surface area contributed by atoms with Crippen molar-refractivity contribution in [2.24, 2.45) is 0 Å². The van der Waals surface area contributed by atoms with E-state index in [4.69, 9.17) is 9.84 Å². The second-order valence-corrected chi connectivity index (χ2v) is 4.01. The molecule has 0 aliphatic heterocycles. The molecule has 0 saturated heterocycles. The third-order valence-corrected chi connectivity index (χ3v) is 2.51. The highest BCUT2D eigenvalue weighted by Gasteiger charge is 2.04. The summed E-state index contributed by atoms with van der Waals surface area (Å²) in [4.78, 5) is 10.9. The monoisotopic (exact) mass is 238 g/mol. The Balaban J connectivity index is 2.79. The van der Waals surface area contributed by atoms with E-state index in [0.717, 1.165) is 5.56 Å². The number of benzene rings is 1. The molecule has 0 atom stereocenters. The van der Waals surface area contributed by atoms with Gasteiger partial charge in [0.2, 0.25) is 0 Å². The van der Waals surface area contributed by atoms with E-state index in [1.807, 2.05) is 30.3 Å². The van der Waals surface area contributed by atoms with E-state index >= 15 is 0 Å². The van der Waals surface area contributed by atoms with Gasteiger partial charge in [-0.2, -0.15) is 0 Å². The highest BCUT2D eigenvalue weighted by molar-refractivity contribution is 8.02. The molecule has 4 heteroatoms. The van der Waals surface area contributed by atoms with Crippen molar-refractivity contribution in [2.75, 3.05) is 12.4 Å². The van der Waals surface area contributed by atoms with E-state index in [9.17, 15) is 4.79 Å². The quantitative estimate of drug-likeness (QED) is 0.485. The topological polar surface area (TPSA) is 46.5 Å². The van der Waals surface area contributed by atoms with Gasteiger partial charge in [-0.3, -0.25) is 4.79 Å².